The third-order valence-electron chi connectivity index (χ3n) is 3.18. The van der Waals surface area contributed by atoms with E-state index < -0.39 is 0 Å². The maximum Gasteiger partial charge on any atom is 0.0587 e. The van der Waals surface area contributed by atoms with Crippen molar-refractivity contribution in [1.82, 2.24) is 10.3 Å². The number of hydrogen-bond donors (Lipinski definition) is 1. The fraction of sp³-hybridized carbons (Fsp3) is 0.312. The quantitative estimate of drug-likeness (QED) is 0.807. The van der Waals surface area contributed by atoms with E-state index in [1.54, 1.807) is 7.11 Å². The van der Waals surface area contributed by atoms with E-state index in [9.17, 15) is 0 Å². The molecule has 1 heterocycles. The smallest absolute Gasteiger partial charge is 0.0587 e. The Morgan fingerprint density at radius 3 is 2.32 bits per heavy atom. The van der Waals surface area contributed by atoms with Gasteiger partial charge in [-0.2, -0.15) is 0 Å². The first-order valence-electron chi connectivity index (χ1n) is 6.54. The van der Waals surface area contributed by atoms with E-state index in [4.69, 9.17) is 4.74 Å². The van der Waals surface area contributed by atoms with E-state index in [0.717, 1.165) is 13.2 Å². The van der Waals surface area contributed by atoms with Crippen LogP contribution in [-0.4, -0.2) is 25.2 Å². The maximum absolute atomic E-state index is 5.04. The highest BCUT2D eigenvalue weighted by Crippen LogP contribution is 2.21. The van der Waals surface area contributed by atoms with Gasteiger partial charge in [-0.25, -0.2) is 0 Å². The van der Waals surface area contributed by atoms with E-state index >= 15 is 0 Å². The van der Waals surface area contributed by atoms with Gasteiger partial charge >= 0.3 is 0 Å². The molecule has 0 spiro atoms. The van der Waals surface area contributed by atoms with E-state index in [1.165, 1.54) is 16.7 Å². The number of aromatic nitrogens is 1. The fourth-order valence-electron chi connectivity index (χ4n) is 2.00. The molecule has 3 nitrogen and oxygen atoms in total. The molecule has 1 N–H and O–H groups in total. The second-order valence-electron chi connectivity index (χ2n) is 4.53. The van der Waals surface area contributed by atoms with Crippen molar-refractivity contribution in [1.29, 1.82) is 0 Å². The second kappa shape index (κ2) is 7.02. The first-order chi connectivity index (χ1) is 9.31. The van der Waals surface area contributed by atoms with E-state index in [1.807, 2.05) is 24.5 Å². The van der Waals surface area contributed by atoms with Crippen molar-refractivity contribution in [3.8, 4) is 11.1 Å². The molecule has 0 bridgehead atoms. The van der Waals surface area contributed by atoms with Crippen molar-refractivity contribution in [2.45, 2.75) is 13.0 Å². The van der Waals surface area contributed by atoms with Gasteiger partial charge in [0.1, 0.15) is 0 Å². The lowest BCUT2D eigenvalue weighted by molar-refractivity contribution is 0.196. The van der Waals surface area contributed by atoms with Gasteiger partial charge in [0.05, 0.1) is 6.61 Å². The summed E-state index contributed by atoms with van der Waals surface area (Å²) in [5, 5.41) is 3.42. The molecule has 1 aromatic carbocycles. The highest BCUT2D eigenvalue weighted by atomic mass is 16.5. The molecule has 0 amide bonds. The largest absolute Gasteiger partial charge is 0.383 e. The van der Waals surface area contributed by atoms with Gasteiger partial charge in [-0.05, 0) is 35.7 Å². The molecular weight excluding hydrogens is 236 g/mol. The summed E-state index contributed by atoms with van der Waals surface area (Å²) in [6.45, 7) is 3.76. The summed E-state index contributed by atoms with van der Waals surface area (Å²) in [5.74, 6) is 0. The third kappa shape index (κ3) is 3.88. The van der Waals surface area contributed by atoms with Crippen LogP contribution in [0.2, 0.25) is 0 Å². The van der Waals surface area contributed by atoms with E-state index in [2.05, 4.69) is 41.5 Å². The van der Waals surface area contributed by atoms with Crippen LogP contribution in [0.15, 0.2) is 48.8 Å². The number of benzene rings is 1. The molecule has 0 fully saturated rings. The number of methoxy groups -OCH3 is 1. The molecule has 0 saturated carbocycles. The summed E-state index contributed by atoms with van der Waals surface area (Å²) in [5.41, 5.74) is 3.70. The minimum absolute atomic E-state index is 0.335. The lowest BCUT2D eigenvalue weighted by atomic mass is 10.0. The molecule has 100 valence electrons. The van der Waals surface area contributed by atoms with Crippen LogP contribution in [-0.2, 0) is 4.74 Å². The number of hydrogen-bond acceptors (Lipinski definition) is 3. The molecule has 0 aliphatic carbocycles. The first kappa shape index (κ1) is 13.7. The number of rotatable bonds is 6. The predicted molar refractivity (Wildman–Crippen MR) is 78.0 cm³/mol. The molecule has 1 atom stereocenters. The van der Waals surface area contributed by atoms with Crippen molar-refractivity contribution in [2.75, 3.05) is 20.3 Å². The minimum Gasteiger partial charge on any atom is -0.383 e. The average Bonchev–Trinajstić information content (AvgIpc) is 2.48. The summed E-state index contributed by atoms with van der Waals surface area (Å²) in [6.07, 6.45) is 3.64. The summed E-state index contributed by atoms with van der Waals surface area (Å²) < 4.78 is 5.04. The zero-order valence-electron chi connectivity index (χ0n) is 11.5. The molecule has 2 rings (SSSR count). The molecular formula is C16H20N2O. The lowest BCUT2D eigenvalue weighted by Crippen LogP contribution is -2.22. The Morgan fingerprint density at radius 2 is 1.68 bits per heavy atom. The number of nitrogens with zero attached hydrogens (tertiary/aromatic N) is 1. The molecule has 1 aromatic heterocycles. The van der Waals surface area contributed by atoms with Gasteiger partial charge in [-0.15, -0.1) is 0 Å². The van der Waals surface area contributed by atoms with Gasteiger partial charge in [0.15, 0.2) is 0 Å². The first-order valence-corrected chi connectivity index (χ1v) is 6.54. The molecule has 1 unspecified atom stereocenters. The predicted octanol–water partition coefficient (Wildman–Crippen LogP) is 3.05. The van der Waals surface area contributed by atoms with Crippen LogP contribution in [0.3, 0.4) is 0 Å². The number of pyridine rings is 1. The van der Waals surface area contributed by atoms with Crippen molar-refractivity contribution in [3.05, 3.63) is 54.4 Å². The summed E-state index contributed by atoms with van der Waals surface area (Å²) in [7, 11) is 1.72. The van der Waals surface area contributed by atoms with Gasteiger partial charge in [-0.3, -0.25) is 4.98 Å². The van der Waals surface area contributed by atoms with E-state index in [0.29, 0.717) is 6.04 Å². The normalized spacial score (nSPS) is 12.3. The zero-order chi connectivity index (χ0) is 13.5. The topological polar surface area (TPSA) is 34.1 Å². The van der Waals surface area contributed by atoms with Gasteiger partial charge in [0.2, 0.25) is 0 Å². The molecule has 0 aliphatic rings. The van der Waals surface area contributed by atoms with Gasteiger partial charge in [0.25, 0.3) is 0 Å². The van der Waals surface area contributed by atoms with Crippen LogP contribution < -0.4 is 5.32 Å². The Morgan fingerprint density at radius 1 is 1.05 bits per heavy atom. The van der Waals surface area contributed by atoms with Crippen molar-refractivity contribution in [3.63, 3.8) is 0 Å². The van der Waals surface area contributed by atoms with E-state index in [-0.39, 0.29) is 0 Å². The Kier molecular flexibility index (Phi) is 5.07. The zero-order valence-corrected chi connectivity index (χ0v) is 11.5. The van der Waals surface area contributed by atoms with Crippen LogP contribution in [0.25, 0.3) is 11.1 Å². The highest BCUT2D eigenvalue weighted by molar-refractivity contribution is 5.62. The van der Waals surface area contributed by atoms with Gasteiger partial charge in [0, 0.05) is 32.1 Å². The van der Waals surface area contributed by atoms with Crippen molar-refractivity contribution < 1.29 is 4.74 Å². The third-order valence-corrected chi connectivity index (χ3v) is 3.18. The van der Waals surface area contributed by atoms with Crippen molar-refractivity contribution >= 4 is 0 Å². The Bertz CT molecular complexity index is 482. The van der Waals surface area contributed by atoms with Crippen LogP contribution >= 0.6 is 0 Å². The molecule has 2 aromatic rings. The maximum atomic E-state index is 5.04. The van der Waals surface area contributed by atoms with Gasteiger partial charge in [-0.1, -0.05) is 24.3 Å². The minimum atomic E-state index is 0.335. The number of nitrogens with one attached hydrogen (secondary N) is 1. The van der Waals surface area contributed by atoms with Gasteiger partial charge < -0.3 is 10.1 Å². The van der Waals surface area contributed by atoms with Crippen LogP contribution in [0.4, 0.5) is 0 Å². The Balaban J connectivity index is 2.02. The fourth-order valence-corrected chi connectivity index (χ4v) is 2.00. The Labute approximate surface area is 114 Å². The van der Waals surface area contributed by atoms with Crippen LogP contribution in [0, 0.1) is 0 Å². The van der Waals surface area contributed by atoms with Crippen LogP contribution in [0.1, 0.15) is 18.5 Å². The average molecular weight is 256 g/mol. The summed E-state index contributed by atoms with van der Waals surface area (Å²) in [4.78, 5) is 4.04. The monoisotopic (exact) mass is 256 g/mol. The Hall–Kier alpha value is -1.71. The lowest BCUT2D eigenvalue weighted by Gasteiger charge is -2.14. The molecule has 19 heavy (non-hydrogen) atoms. The molecule has 0 aliphatic heterocycles. The second-order valence-corrected chi connectivity index (χ2v) is 4.53. The standard InChI is InChI=1S/C16H20N2O/c1-13(18-11-12-19-2)14-3-5-15(6-4-14)16-7-9-17-10-8-16/h3-10,13,18H,11-12H2,1-2H3. The number of ether oxygens (including phenoxy) is 1. The molecule has 3 heteroatoms. The highest BCUT2D eigenvalue weighted by Gasteiger charge is 2.04. The summed E-state index contributed by atoms with van der Waals surface area (Å²) >= 11 is 0. The van der Waals surface area contributed by atoms with Crippen molar-refractivity contribution in [2.24, 2.45) is 0 Å². The van der Waals surface area contributed by atoms with Crippen LogP contribution in [0.5, 0.6) is 0 Å². The molecule has 0 saturated heterocycles. The summed E-state index contributed by atoms with van der Waals surface area (Å²) in [6, 6.07) is 13.0. The molecule has 0 radical (unpaired) electrons. The SMILES string of the molecule is COCCNC(C)c1ccc(-c2ccncc2)cc1.